The Hall–Kier alpha value is -1.41. The van der Waals surface area contributed by atoms with Gasteiger partial charge in [-0.05, 0) is 58.7 Å². The summed E-state index contributed by atoms with van der Waals surface area (Å²) in [4.78, 5) is 8.94. The summed E-state index contributed by atoms with van der Waals surface area (Å²) >= 11 is 2.16. The molecule has 1 aliphatic rings. The molecule has 1 saturated carbocycles. The van der Waals surface area contributed by atoms with Crippen LogP contribution < -0.4 is 25.5 Å². The molecule has 0 aromatic heterocycles. The molecule has 3 aromatic rings. The second-order valence-corrected chi connectivity index (χ2v) is 9.02. The molecular formula is C26H22ILaN2O5Pd. The predicted octanol–water partition coefficient (Wildman–Crippen LogP) is 2.19. The van der Waals surface area contributed by atoms with E-state index in [2.05, 4.69) is 32.6 Å². The number of aliphatic imine (C=N–C) groups is 2. The molecule has 0 saturated heterocycles. The van der Waals surface area contributed by atoms with Gasteiger partial charge in [0.2, 0.25) is 0 Å². The van der Waals surface area contributed by atoms with Crippen molar-refractivity contribution < 1.29 is 81.6 Å². The Morgan fingerprint density at radius 2 is 1.08 bits per heavy atom. The minimum absolute atomic E-state index is 0. The average Bonchev–Trinajstić information content (AvgIpc) is 2.84. The summed E-state index contributed by atoms with van der Waals surface area (Å²) in [5, 5.41) is 56.9. The summed E-state index contributed by atoms with van der Waals surface area (Å²) in [5.41, 5.74) is 0.540. The van der Waals surface area contributed by atoms with Crippen molar-refractivity contribution in [1.82, 2.24) is 0 Å². The van der Waals surface area contributed by atoms with Crippen LogP contribution in [0.3, 0.4) is 0 Å². The van der Waals surface area contributed by atoms with E-state index in [4.69, 9.17) is 0 Å². The molecule has 3 aromatic carbocycles. The fourth-order valence-electron chi connectivity index (χ4n) is 3.50. The van der Waals surface area contributed by atoms with Gasteiger partial charge < -0.3 is 25.5 Å². The minimum Gasteiger partial charge on any atom is -0.873 e. The molecular weight excluding hydrogens is 793 g/mol. The molecule has 186 valence electrons. The Kier molecular flexibility index (Phi) is 14.9. The summed E-state index contributed by atoms with van der Waals surface area (Å²) in [5.74, 6) is -2.14. The smallest absolute Gasteiger partial charge is 0.873 e. The molecule has 0 bridgehead atoms. The van der Waals surface area contributed by atoms with Crippen molar-refractivity contribution in [1.29, 1.82) is 0 Å². The van der Waals surface area contributed by atoms with Gasteiger partial charge in [0.05, 0.1) is 12.1 Å². The summed E-state index contributed by atoms with van der Waals surface area (Å²) in [6.45, 7) is 0. The summed E-state index contributed by atoms with van der Waals surface area (Å²) in [6, 6.07) is 15.1. The first-order valence-electron chi connectivity index (χ1n) is 10.8. The van der Waals surface area contributed by atoms with Gasteiger partial charge in [-0.1, -0.05) is 61.4 Å². The van der Waals surface area contributed by atoms with Crippen molar-refractivity contribution in [3.63, 3.8) is 0 Å². The molecule has 0 radical (unpaired) electrons. The van der Waals surface area contributed by atoms with Crippen LogP contribution in [-0.2, 0) is 20.4 Å². The average molecular weight is 815 g/mol. The molecule has 2 atom stereocenters. The van der Waals surface area contributed by atoms with E-state index >= 15 is 0 Å². The van der Waals surface area contributed by atoms with Crippen LogP contribution >= 0.6 is 22.6 Å². The van der Waals surface area contributed by atoms with Crippen LogP contribution in [0.1, 0.15) is 36.8 Å². The van der Waals surface area contributed by atoms with Crippen molar-refractivity contribution in [2.45, 2.75) is 37.8 Å². The van der Waals surface area contributed by atoms with Crippen LogP contribution in [0.2, 0.25) is 0 Å². The zero-order chi connectivity index (χ0) is 24.5. The van der Waals surface area contributed by atoms with Gasteiger partial charge in [-0.3, -0.25) is 9.98 Å². The Balaban J connectivity index is 0.000000555. The van der Waals surface area contributed by atoms with E-state index in [9.17, 15) is 25.5 Å². The topological polar surface area (TPSA) is 140 Å². The molecule has 2 unspecified atom stereocenters. The van der Waals surface area contributed by atoms with Gasteiger partial charge in [0, 0.05) is 16.0 Å². The van der Waals surface area contributed by atoms with Gasteiger partial charge in [-0.25, -0.2) is 0 Å². The molecule has 10 heteroatoms. The van der Waals surface area contributed by atoms with E-state index in [1.165, 1.54) is 36.7 Å². The van der Waals surface area contributed by atoms with Crippen LogP contribution in [0.4, 0.5) is 0 Å². The first-order chi connectivity index (χ1) is 16.3. The normalized spacial score (nSPS) is 17.0. The Morgan fingerprint density at radius 3 is 1.47 bits per heavy atom. The quantitative estimate of drug-likeness (QED) is 0.226. The third kappa shape index (κ3) is 9.80. The molecule has 1 aliphatic carbocycles. The number of hydrogen-bond acceptors (Lipinski definition) is 7. The number of rotatable bonds is 4. The fourth-order valence-corrected chi connectivity index (χ4v) is 3.85. The Morgan fingerprint density at radius 1 is 0.667 bits per heavy atom. The van der Waals surface area contributed by atoms with Crippen LogP contribution in [-0.4, -0.2) is 24.5 Å². The van der Waals surface area contributed by atoms with E-state index in [1.54, 1.807) is 36.4 Å². The van der Waals surface area contributed by atoms with Gasteiger partial charge in [-0.2, -0.15) is 0 Å². The first kappa shape index (κ1) is 32.6. The molecule has 0 N–H and O–H groups in total. The van der Waals surface area contributed by atoms with Crippen LogP contribution in [0.15, 0.2) is 70.6 Å². The van der Waals surface area contributed by atoms with E-state index in [0.29, 0.717) is 0 Å². The van der Waals surface area contributed by atoms with Gasteiger partial charge in [-0.15, -0.1) is 28.7 Å². The van der Waals surface area contributed by atoms with Crippen molar-refractivity contribution in [3.05, 3.63) is 75.4 Å². The molecule has 7 nitrogen and oxygen atoms in total. The van der Waals surface area contributed by atoms with Gasteiger partial charge in [0.15, 0.2) is 0 Å². The van der Waals surface area contributed by atoms with Crippen molar-refractivity contribution in [2.24, 2.45) is 9.98 Å². The summed E-state index contributed by atoms with van der Waals surface area (Å²) in [7, 11) is 0. The van der Waals surface area contributed by atoms with Crippen LogP contribution in [0.5, 0.6) is 28.7 Å². The number of benzene rings is 3. The number of para-hydroxylation sites is 2. The summed E-state index contributed by atoms with van der Waals surface area (Å²) in [6.07, 6.45) is 6.52. The van der Waals surface area contributed by atoms with Gasteiger partial charge >= 0.3 is 56.0 Å². The zero-order valence-electron chi connectivity index (χ0n) is 19.1. The van der Waals surface area contributed by atoms with Crippen LogP contribution in [0.25, 0.3) is 0 Å². The van der Waals surface area contributed by atoms with E-state index in [1.807, 2.05) is 0 Å². The number of hydrogen-bond donors (Lipinski definition) is 0. The van der Waals surface area contributed by atoms with Crippen molar-refractivity contribution in [2.75, 3.05) is 0 Å². The SMILES string of the molecule is [La+3].[O-]c1ccc(I)cc1.[O-]c1cccc(C=NC2CCCCC2N=Cc2cccc([O-])c2[O-])c1[O-].[Pd+2]. The maximum absolute atomic E-state index is 11.8. The molecule has 4 rings (SSSR count). The maximum atomic E-state index is 11.8. The predicted molar refractivity (Wildman–Crippen MR) is 131 cm³/mol. The van der Waals surface area contributed by atoms with E-state index < -0.39 is 23.0 Å². The van der Waals surface area contributed by atoms with Gasteiger partial charge in [0.25, 0.3) is 0 Å². The second kappa shape index (κ2) is 16.4. The number of halogens is 1. The standard InChI is InChI=1S/C20H22N2O4.C6H5IO.La.Pd/c23-17-9-3-5-13(19(17)25)11-21-15-7-1-2-8-16(15)22-12-14-6-4-10-18(24)20(14)26;7-5-1-3-6(8)4-2-5;;/h3-6,9-12,15-16,23-26H,1-2,7-8H2;1-4,8H;;/q;;+3;+2/p-5. The van der Waals surface area contributed by atoms with Crippen LogP contribution in [0, 0.1) is 39.2 Å². The fraction of sp³-hybridized carbons (Fsp3) is 0.231. The molecule has 36 heavy (non-hydrogen) atoms. The molecule has 0 amide bonds. The maximum Gasteiger partial charge on any atom is 3.00 e. The third-order valence-corrected chi connectivity index (χ3v) is 6.06. The summed E-state index contributed by atoms with van der Waals surface area (Å²) < 4.78 is 1.10. The van der Waals surface area contributed by atoms with Crippen molar-refractivity contribution in [3.8, 4) is 28.7 Å². The first-order valence-corrected chi connectivity index (χ1v) is 11.9. The van der Waals surface area contributed by atoms with E-state index in [-0.39, 0.29) is 85.0 Å². The molecule has 0 spiro atoms. The number of nitrogens with zero attached hydrogens (tertiary/aromatic N) is 2. The second-order valence-electron chi connectivity index (χ2n) is 7.78. The Bertz CT molecular complexity index is 1070. The molecule has 1 fully saturated rings. The Labute approximate surface area is 265 Å². The van der Waals surface area contributed by atoms with E-state index in [0.717, 1.165) is 29.3 Å². The largest absolute Gasteiger partial charge is 3.00 e. The monoisotopic (exact) mass is 814 g/mol. The zero-order valence-corrected chi connectivity index (χ0v) is 26.5. The third-order valence-electron chi connectivity index (χ3n) is 5.34. The molecule has 0 heterocycles. The van der Waals surface area contributed by atoms with Crippen molar-refractivity contribution >= 4 is 35.0 Å². The molecule has 0 aliphatic heterocycles. The van der Waals surface area contributed by atoms with Gasteiger partial charge in [0.1, 0.15) is 0 Å². The minimum atomic E-state index is -0.560.